The van der Waals surface area contributed by atoms with Crippen molar-refractivity contribution in [3.05, 3.63) is 50.8 Å². The fourth-order valence-electron chi connectivity index (χ4n) is 5.07. The van der Waals surface area contributed by atoms with Crippen LogP contribution in [0.3, 0.4) is 0 Å². The van der Waals surface area contributed by atoms with E-state index >= 15 is 0 Å². The number of aromatic nitrogens is 2. The van der Waals surface area contributed by atoms with Gasteiger partial charge in [-0.05, 0) is 36.6 Å². The molecule has 5 heterocycles. The number of nitrogens with zero attached hydrogens (tertiary/aromatic N) is 2. The first-order chi connectivity index (χ1) is 14.8. The lowest BCUT2D eigenvalue weighted by Gasteiger charge is -2.31. The van der Waals surface area contributed by atoms with Gasteiger partial charge in [0.25, 0.3) is 5.56 Å². The summed E-state index contributed by atoms with van der Waals surface area (Å²) in [6.45, 7) is 1.85. The van der Waals surface area contributed by atoms with Crippen LogP contribution < -0.4 is 11.3 Å². The van der Waals surface area contributed by atoms with Gasteiger partial charge >= 0.3 is 5.97 Å². The first kappa shape index (κ1) is 18.7. The lowest BCUT2D eigenvalue weighted by atomic mass is 9.86. The molecule has 6 rings (SSSR count). The van der Waals surface area contributed by atoms with Crippen LogP contribution in [0.4, 0.5) is 5.69 Å². The molecule has 0 radical (unpaired) electrons. The van der Waals surface area contributed by atoms with E-state index in [2.05, 4.69) is 0 Å². The van der Waals surface area contributed by atoms with Crippen LogP contribution in [0, 0.1) is 0 Å². The summed E-state index contributed by atoms with van der Waals surface area (Å²) < 4.78 is 19.4. The van der Waals surface area contributed by atoms with Crippen molar-refractivity contribution in [1.82, 2.24) is 9.55 Å². The Balaban J connectivity index is 1.68. The van der Waals surface area contributed by atoms with Crippen molar-refractivity contribution in [2.45, 2.75) is 43.4 Å². The van der Waals surface area contributed by atoms with Crippen LogP contribution in [0.2, 0.25) is 0 Å². The Morgan fingerprint density at radius 2 is 2.10 bits per heavy atom. The zero-order chi connectivity index (χ0) is 21.7. The number of carbonyl (C=O) groups is 1. The van der Waals surface area contributed by atoms with E-state index in [0.717, 1.165) is 16.5 Å². The van der Waals surface area contributed by atoms with Crippen molar-refractivity contribution in [2.24, 2.45) is 0 Å². The molecule has 1 aromatic carbocycles. The molecule has 3 N–H and O–H groups in total. The average Bonchev–Trinajstić information content (AvgIpc) is 3.13. The molecule has 9 heteroatoms. The van der Waals surface area contributed by atoms with Gasteiger partial charge in [0, 0.05) is 28.0 Å². The third-order valence-electron chi connectivity index (χ3n) is 6.72. The van der Waals surface area contributed by atoms with Gasteiger partial charge < -0.3 is 20.1 Å². The maximum atomic E-state index is 13.3. The van der Waals surface area contributed by atoms with E-state index in [4.69, 9.17) is 15.5 Å². The molecule has 0 amide bonds. The molecule has 0 saturated carbocycles. The highest BCUT2D eigenvalue weighted by atomic mass is 32.2. The molecule has 0 unspecified atom stereocenters. The minimum absolute atomic E-state index is 0.0967. The number of nitrogens with two attached hydrogens (primary N) is 1. The number of pyridine rings is 2. The smallest absolute Gasteiger partial charge is 0.343 e. The second-order valence-electron chi connectivity index (χ2n) is 8.20. The molecule has 3 aromatic rings. The first-order valence-electron chi connectivity index (χ1n) is 10.1. The zero-order valence-corrected chi connectivity index (χ0v) is 17.5. The number of fused-ring (bicyclic) bond motifs is 5. The Morgan fingerprint density at radius 1 is 1.29 bits per heavy atom. The standard InChI is InChI=1S/C22H19N3O5S/c1-2-22(28)13-7-16-18-11(8-25(16)20(26)12(13)9-30-21(22)27)10-5-6-31(29)19-14(23)3-4-15(24-18)17(10)19/h3-4,7,28H,2,5-6,8-9,23H2,1H3/t22-,31-/m0/s1. The van der Waals surface area contributed by atoms with Crippen LogP contribution in [0.5, 0.6) is 0 Å². The largest absolute Gasteiger partial charge is 0.458 e. The number of cyclic esters (lactones) is 1. The van der Waals surface area contributed by atoms with Crippen LogP contribution in [0.1, 0.15) is 35.6 Å². The topological polar surface area (TPSA) is 125 Å². The van der Waals surface area contributed by atoms with Gasteiger partial charge in [0.15, 0.2) is 5.60 Å². The number of rotatable bonds is 1. The second-order valence-corrected chi connectivity index (χ2v) is 9.71. The van der Waals surface area contributed by atoms with Gasteiger partial charge in [0.2, 0.25) is 0 Å². The van der Waals surface area contributed by atoms with Crippen molar-refractivity contribution >= 4 is 33.4 Å². The van der Waals surface area contributed by atoms with Gasteiger partial charge in [-0.15, -0.1) is 0 Å². The summed E-state index contributed by atoms with van der Waals surface area (Å²) in [5.74, 6) is -0.277. The summed E-state index contributed by atoms with van der Waals surface area (Å²) >= 11 is 0. The van der Waals surface area contributed by atoms with Gasteiger partial charge in [-0.2, -0.15) is 0 Å². The third-order valence-corrected chi connectivity index (χ3v) is 8.19. The Hall–Kier alpha value is -3.04. The number of ether oxygens (including phenoxy) is 1. The molecule has 0 bridgehead atoms. The summed E-state index contributed by atoms with van der Waals surface area (Å²) in [7, 11) is -1.19. The van der Waals surface area contributed by atoms with E-state index < -0.39 is 22.4 Å². The number of anilines is 1. The predicted molar refractivity (Wildman–Crippen MR) is 114 cm³/mol. The van der Waals surface area contributed by atoms with Crippen molar-refractivity contribution in [3.63, 3.8) is 0 Å². The summed E-state index contributed by atoms with van der Waals surface area (Å²) in [5.41, 5.74) is 8.89. The number of aliphatic hydroxyl groups is 1. The molecule has 3 aliphatic rings. The van der Waals surface area contributed by atoms with Crippen molar-refractivity contribution in [3.8, 4) is 11.4 Å². The first-order valence-corrected chi connectivity index (χ1v) is 11.5. The fourth-order valence-corrected chi connectivity index (χ4v) is 6.45. The molecule has 0 spiro atoms. The third kappa shape index (κ3) is 2.22. The number of esters is 1. The van der Waals surface area contributed by atoms with Gasteiger partial charge in [0.05, 0.1) is 44.7 Å². The lowest BCUT2D eigenvalue weighted by Crippen LogP contribution is -2.44. The fraction of sp³-hybridized carbons (Fsp3) is 0.318. The van der Waals surface area contributed by atoms with E-state index in [-0.39, 0.29) is 18.6 Å². The highest BCUT2D eigenvalue weighted by Crippen LogP contribution is 2.43. The highest BCUT2D eigenvalue weighted by Gasteiger charge is 2.45. The maximum absolute atomic E-state index is 13.3. The number of nitrogen functional groups attached to an aromatic ring is 1. The van der Waals surface area contributed by atoms with Crippen molar-refractivity contribution < 1.29 is 18.8 Å². The summed E-state index contributed by atoms with van der Waals surface area (Å²) in [4.78, 5) is 31.1. The van der Waals surface area contributed by atoms with Crippen LogP contribution >= 0.6 is 0 Å². The molecule has 0 aliphatic carbocycles. The molecule has 0 saturated heterocycles. The minimum atomic E-state index is -1.85. The maximum Gasteiger partial charge on any atom is 0.343 e. The Bertz CT molecular complexity index is 1440. The molecule has 2 atom stereocenters. The van der Waals surface area contributed by atoms with E-state index in [1.165, 1.54) is 0 Å². The summed E-state index contributed by atoms with van der Waals surface area (Å²) in [6.07, 6.45) is 0.701. The van der Waals surface area contributed by atoms with Gasteiger partial charge in [-0.1, -0.05) is 6.92 Å². The van der Waals surface area contributed by atoms with Crippen LogP contribution in [-0.4, -0.2) is 30.6 Å². The van der Waals surface area contributed by atoms with Gasteiger partial charge in [-0.3, -0.25) is 9.00 Å². The predicted octanol–water partition coefficient (Wildman–Crippen LogP) is 1.33. The van der Waals surface area contributed by atoms with Gasteiger partial charge in [-0.25, -0.2) is 9.78 Å². The molecule has 3 aliphatic heterocycles. The average molecular weight is 437 g/mol. The summed E-state index contributed by atoms with van der Waals surface area (Å²) in [5, 5.41) is 11.8. The number of hydrogen-bond acceptors (Lipinski definition) is 7. The van der Waals surface area contributed by atoms with Crippen LogP contribution in [0.25, 0.3) is 22.3 Å². The van der Waals surface area contributed by atoms with Crippen LogP contribution in [-0.2, 0) is 45.5 Å². The van der Waals surface area contributed by atoms with Gasteiger partial charge in [0.1, 0.15) is 6.61 Å². The zero-order valence-electron chi connectivity index (χ0n) is 16.7. The SMILES string of the molecule is CC[C@@]1(O)C(=O)OCc2c1cc1n(c2=O)Cc2c-1nc1ccc(N)c3c1c2CC[S@@]3=O. The normalized spacial score (nSPS) is 23.3. The molecule has 8 nitrogen and oxygen atoms in total. The number of hydrogen-bond donors (Lipinski definition) is 2. The lowest BCUT2D eigenvalue weighted by molar-refractivity contribution is -0.172. The van der Waals surface area contributed by atoms with Crippen molar-refractivity contribution in [1.29, 1.82) is 0 Å². The van der Waals surface area contributed by atoms with E-state index in [0.29, 0.717) is 57.3 Å². The molecule has 2 aromatic heterocycles. The Morgan fingerprint density at radius 3 is 2.87 bits per heavy atom. The molecular formula is C22H19N3O5S. The molecule has 0 fully saturated rings. The second kappa shape index (κ2) is 6.02. The van der Waals surface area contributed by atoms with E-state index in [1.54, 1.807) is 29.7 Å². The summed E-state index contributed by atoms with van der Waals surface area (Å²) in [6, 6.07) is 5.22. The minimum Gasteiger partial charge on any atom is -0.458 e. The number of aryl methyl sites for hydroxylation is 1. The van der Waals surface area contributed by atoms with Crippen LogP contribution in [0.15, 0.2) is 27.9 Å². The molecule has 31 heavy (non-hydrogen) atoms. The highest BCUT2D eigenvalue weighted by molar-refractivity contribution is 7.85. The molecule has 158 valence electrons. The van der Waals surface area contributed by atoms with Crippen molar-refractivity contribution in [2.75, 3.05) is 11.5 Å². The van der Waals surface area contributed by atoms with E-state index in [9.17, 15) is 18.9 Å². The van der Waals surface area contributed by atoms with E-state index in [1.807, 2.05) is 0 Å². The Labute approximate surface area is 179 Å². The number of carbonyl (C=O) groups excluding carboxylic acids is 1. The molecular weight excluding hydrogens is 418 g/mol. The monoisotopic (exact) mass is 437 g/mol. The Kier molecular flexibility index (Phi) is 3.63. The quantitative estimate of drug-likeness (QED) is 0.340. The number of benzene rings is 1.